The van der Waals surface area contributed by atoms with Crippen molar-refractivity contribution < 1.29 is 4.79 Å². The lowest BCUT2D eigenvalue weighted by Crippen LogP contribution is -2.34. The number of ketones is 1. The zero-order chi connectivity index (χ0) is 17.9. The minimum atomic E-state index is -0.451. The maximum atomic E-state index is 12.8. The first-order chi connectivity index (χ1) is 11.2. The first kappa shape index (κ1) is 18.0. The predicted octanol–water partition coefficient (Wildman–Crippen LogP) is 1.98. The van der Waals surface area contributed by atoms with Gasteiger partial charge in [-0.1, -0.05) is 27.7 Å². The SMILES string of the molecule is CC[C@@H](C(C)=O)n1cc(C(C)(C)C)nc(CCc2cn[nH]n2)c1=O. The lowest BCUT2D eigenvalue weighted by Gasteiger charge is -2.23. The van der Waals surface area contributed by atoms with E-state index in [-0.39, 0.29) is 16.8 Å². The standard InChI is InChI=1S/C17H25N5O2/c1-6-14(11(2)23)22-10-15(17(3,4)5)19-13(16(22)24)8-7-12-9-18-21-20-12/h9-10,14H,6-8H2,1-5H3,(H,18,20,21)/t14-/m0/s1. The number of H-pyrrole nitrogens is 1. The largest absolute Gasteiger partial charge is 0.302 e. The highest BCUT2D eigenvalue weighted by molar-refractivity contribution is 5.79. The van der Waals surface area contributed by atoms with E-state index in [4.69, 9.17) is 0 Å². The number of aryl methyl sites for hydroxylation is 2. The predicted molar refractivity (Wildman–Crippen MR) is 91.0 cm³/mol. The number of rotatable bonds is 6. The summed E-state index contributed by atoms with van der Waals surface area (Å²) in [6.45, 7) is 9.55. The smallest absolute Gasteiger partial charge is 0.272 e. The number of carbonyl (C=O) groups excluding carboxylic acids is 1. The molecule has 1 atom stereocenters. The minimum absolute atomic E-state index is 0.0203. The normalized spacial score (nSPS) is 13.0. The molecule has 2 rings (SSSR count). The zero-order valence-electron chi connectivity index (χ0n) is 15.0. The highest BCUT2D eigenvalue weighted by atomic mass is 16.1. The van der Waals surface area contributed by atoms with Gasteiger partial charge < -0.3 is 4.57 Å². The summed E-state index contributed by atoms with van der Waals surface area (Å²) in [7, 11) is 0. The van der Waals surface area contributed by atoms with Crippen LogP contribution in [-0.2, 0) is 23.1 Å². The van der Waals surface area contributed by atoms with Gasteiger partial charge in [0.2, 0.25) is 0 Å². The summed E-state index contributed by atoms with van der Waals surface area (Å²) in [5.41, 5.74) is 1.63. The maximum Gasteiger partial charge on any atom is 0.272 e. The maximum absolute atomic E-state index is 12.8. The van der Waals surface area contributed by atoms with Gasteiger partial charge in [-0.25, -0.2) is 0 Å². The molecule has 130 valence electrons. The minimum Gasteiger partial charge on any atom is -0.302 e. The molecule has 0 aromatic carbocycles. The highest BCUT2D eigenvalue weighted by Gasteiger charge is 2.23. The molecule has 24 heavy (non-hydrogen) atoms. The van der Waals surface area contributed by atoms with Crippen molar-refractivity contribution in [2.45, 2.75) is 65.3 Å². The summed E-state index contributed by atoms with van der Waals surface area (Å²) in [6, 6.07) is -0.451. The number of hydrogen-bond acceptors (Lipinski definition) is 5. The quantitative estimate of drug-likeness (QED) is 0.873. The van der Waals surface area contributed by atoms with Crippen molar-refractivity contribution >= 4 is 5.78 Å². The summed E-state index contributed by atoms with van der Waals surface area (Å²) >= 11 is 0. The fourth-order valence-electron chi connectivity index (χ4n) is 2.59. The number of nitrogens with zero attached hydrogens (tertiary/aromatic N) is 4. The van der Waals surface area contributed by atoms with Gasteiger partial charge in [0.25, 0.3) is 5.56 Å². The fourth-order valence-corrected chi connectivity index (χ4v) is 2.59. The van der Waals surface area contributed by atoms with Crippen molar-refractivity contribution in [2.24, 2.45) is 0 Å². The Labute approximate surface area is 141 Å². The Bertz CT molecular complexity index is 756. The van der Waals surface area contributed by atoms with Crippen LogP contribution in [0.4, 0.5) is 0 Å². The zero-order valence-corrected chi connectivity index (χ0v) is 15.0. The number of hydrogen-bond donors (Lipinski definition) is 1. The summed E-state index contributed by atoms with van der Waals surface area (Å²) in [6.07, 6.45) is 4.98. The van der Waals surface area contributed by atoms with Crippen LogP contribution in [0.3, 0.4) is 0 Å². The molecule has 0 spiro atoms. The molecule has 0 unspecified atom stereocenters. The van der Waals surface area contributed by atoms with E-state index in [1.165, 1.54) is 6.92 Å². The van der Waals surface area contributed by atoms with Crippen LogP contribution in [0.25, 0.3) is 0 Å². The molecule has 2 aromatic rings. The van der Waals surface area contributed by atoms with Crippen LogP contribution in [0.5, 0.6) is 0 Å². The fraction of sp³-hybridized carbons (Fsp3) is 0.588. The summed E-state index contributed by atoms with van der Waals surface area (Å²) in [4.78, 5) is 29.3. The molecule has 7 heteroatoms. The van der Waals surface area contributed by atoms with Crippen LogP contribution in [0.1, 0.15) is 64.2 Å². The van der Waals surface area contributed by atoms with Crippen molar-refractivity contribution in [1.82, 2.24) is 25.0 Å². The first-order valence-electron chi connectivity index (χ1n) is 8.21. The lowest BCUT2D eigenvalue weighted by atomic mass is 9.92. The monoisotopic (exact) mass is 331 g/mol. The van der Waals surface area contributed by atoms with E-state index in [1.54, 1.807) is 17.0 Å². The van der Waals surface area contributed by atoms with E-state index >= 15 is 0 Å². The topological polar surface area (TPSA) is 93.5 Å². The number of Topliss-reactive ketones (excluding diaryl/α,β-unsaturated/α-hetero) is 1. The Kier molecular flexibility index (Phi) is 5.31. The number of aromatic amines is 1. The second kappa shape index (κ2) is 7.07. The number of aromatic nitrogens is 5. The molecule has 0 amide bonds. The first-order valence-corrected chi connectivity index (χ1v) is 8.21. The van der Waals surface area contributed by atoms with E-state index in [1.807, 2.05) is 27.7 Å². The van der Waals surface area contributed by atoms with Crippen LogP contribution in [0.15, 0.2) is 17.2 Å². The number of carbonyl (C=O) groups is 1. The molecule has 0 bridgehead atoms. The lowest BCUT2D eigenvalue weighted by molar-refractivity contribution is -0.120. The van der Waals surface area contributed by atoms with Gasteiger partial charge in [0.1, 0.15) is 5.69 Å². The molecule has 7 nitrogen and oxygen atoms in total. The summed E-state index contributed by atoms with van der Waals surface area (Å²) in [5, 5.41) is 10.3. The van der Waals surface area contributed by atoms with E-state index < -0.39 is 6.04 Å². The average molecular weight is 331 g/mol. The molecular weight excluding hydrogens is 306 g/mol. The molecule has 0 saturated heterocycles. The molecular formula is C17H25N5O2. The number of nitrogens with one attached hydrogen (secondary N) is 1. The molecule has 1 N–H and O–H groups in total. The Balaban J connectivity index is 2.48. The van der Waals surface area contributed by atoms with E-state index in [2.05, 4.69) is 20.4 Å². The van der Waals surface area contributed by atoms with E-state index in [0.29, 0.717) is 25.0 Å². The van der Waals surface area contributed by atoms with Crippen LogP contribution >= 0.6 is 0 Å². The Morgan fingerprint density at radius 3 is 2.54 bits per heavy atom. The molecule has 0 fully saturated rings. The Hall–Kier alpha value is -2.31. The van der Waals surface area contributed by atoms with Gasteiger partial charge in [0.05, 0.1) is 23.6 Å². The molecule has 2 aromatic heterocycles. The molecule has 2 heterocycles. The van der Waals surface area contributed by atoms with Gasteiger partial charge in [0, 0.05) is 18.0 Å². The summed E-state index contributed by atoms with van der Waals surface area (Å²) < 4.78 is 1.55. The van der Waals surface area contributed by atoms with Crippen molar-refractivity contribution in [3.8, 4) is 0 Å². The van der Waals surface area contributed by atoms with Gasteiger partial charge in [-0.05, 0) is 19.8 Å². The molecule has 0 radical (unpaired) electrons. The van der Waals surface area contributed by atoms with Crippen molar-refractivity contribution in [2.75, 3.05) is 0 Å². The van der Waals surface area contributed by atoms with E-state index in [9.17, 15) is 9.59 Å². The van der Waals surface area contributed by atoms with Crippen LogP contribution < -0.4 is 5.56 Å². The average Bonchev–Trinajstić information content (AvgIpc) is 3.00. The van der Waals surface area contributed by atoms with Crippen LogP contribution in [0, 0.1) is 0 Å². The third kappa shape index (κ3) is 3.96. The summed E-state index contributed by atoms with van der Waals surface area (Å²) in [5.74, 6) is -0.0203. The second-order valence-electron chi connectivity index (χ2n) is 7.03. The molecule has 0 aliphatic heterocycles. The van der Waals surface area contributed by atoms with Crippen molar-refractivity contribution in [3.63, 3.8) is 0 Å². The van der Waals surface area contributed by atoms with Crippen LogP contribution in [-0.4, -0.2) is 30.7 Å². The van der Waals surface area contributed by atoms with Gasteiger partial charge >= 0.3 is 0 Å². The van der Waals surface area contributed by atoms with Gasteiger partial charge in [0.15, 0.2) is 5.78 Å². The molecule has 0 aliphatic rings. The van der Waals surface area contributed by atoms with Gasteiger partial charge in [-0.3, -0.25) is 14.6 Å². The highest BCUT2D eigenvalue weighted by Crippen LogP contribution is 2.21. The van der Waals surface area contributed by atoms with Crippen molar-refractivity contribution in [3.05, 3.63) is 39.8 Å². The second-order valence-corrected chi connectivity index (χ2v) is 7.03. The molecule has 0 aliphatic carbocycles. The van der Waals surface area contributed by atoms with Gasteiger partial charge in [-0.2, -0.15) is 15.4 Å². The third-order valence-corrected chi connectivity index (χ3v) is 4.04. The van der Waals surface area contributed by atoms with Gasteiger partial charge in [-0.15, -0.1) is 0 Å². The van der Waals surface area contributed by atoms with Crippen molar-refractivity contribution in [1.29, 1.82) is 0 Å². The van der Waals surface area contributed by atoms with Crippen LogP contribution in [0.2, 0.25) is 0 Å². The van der Waals surface area contributed by atoms with E-state index in [0.717, 1.165) is 11.4 Å². The Morgan fingerprint density at radius 2 is 2.04 bits per heavy atom. The Morgan fingerprint density at radius 1 is 1.33 bits per heavy atom. The molecule has 0 saturated carbocycles. The third-order valence-electron chi connectivity index (χ3n) is 4.04.